The van der Waals surface area contributed by atoms with Gasteiger partial charge in [-0.3, -0.25) is 0 Å². The Labute approximate surface area is 112 Å². The highest BCUT2D eigenvalue weighted by molar-refractivity contribution is 5.95. The Kier molecular flexibility index (Phi) is 6.09. The molecule has 0 unspecified atom stereocenters. The monoisotopic (exact) mass is 260 g/mol. The van der Waals surface area contributed by atoms with Gasteiger partial charge in [-0.05, 0) is 18.4 Å². The summed E-state index contributed by atoms with van der Waals surface area (Å²) < 4.78 is 4.85. The molecule has 0 aliphatic carbocycles. The molecular formula is C15H16O4. The predicted octanol–water partition coefficient (Wildman–Crippen LogP) is 2.36. The lowest BCUT2D eigenvalue weighted by Gasteiger charge is -2.06. The molecule has 0 saturated heterocycles. The Hall–Kier alpha value is -2.36. The van der Waals surface area contributed by atoms with Crippen molar-refractivity contribution in [2.45, 2.75) is 12.8 Å². The third-order valence-electron chi connectivity index (χ3n) is 2.42. The lowest BCUT2D eigenvalue weighted by atomic mass is 10.0. The summed E-state index contributed by atoms with van der Waals surface area (Å²) in [4.78, 5) is 22.4. The van der Waals surface area contributed by atoms with Crippen LogP contribution in [0.3, 0.4) is 0 Å². The molecule has 0 aromatic heterocycles. The van der Waals surface area contributed by atoms with Crippen molar-refractivity contribution < 1.29 is 19.4 Å². The van der Waals surface area contributed by atoms with Gasteiger partial charge < -0.3 is 9.84 Å². The molecule has 0 heterocycles. The zero-order valence-electron chi connectivity index (χ0n) is 10.5. The first-order chi connectivity index (χ1) is 9.13. The summed E-state index contributed by atoms with van der Waals surface area (Å²) in [6.45, 7) is 3.50. The largest absolute Gasteiger partial charge is 0.478 e. The number of ether oxygens (including phenoxy) is 1. The van der Waals surface area contributed by atoms with Crippen molar-refractivity contribution >= 4 is 11.9 Å². The van der Waals surface area contributed by atoms with Crippen molar-refractivity contribution in [1.29, 1.82) is 0 Å². The fourth-order valence-electron chi connectivity index (χ4n) is 1.53. The van der Waals surface area contributed by atoms with E-state index in [2.05, 4.69) is 6.58 Å². The van der Waals surface area contributed by atoms with Crippen LogP contribution in [0.5, 0.6) is 0 Å². The number of carboxylic acid groups (broad SMARTS) is 1. The molecule has 1 rings (SSSR count). The second-order valence-electron chi connectivity index (χ2n) is 3.88. The third-order valence-corrected chi connectivity index (χ3v) is 2.42. The highest BCUT2D eigenvalue weighted by atomic mass is 16.5. The Bertz CT molecular complexity index is 474. The lowest BCUT2D eigenvalue weighted by Crippen LogP contribution is -2.10. The van der Waals surface area contributed by atoms with Crippen LogP contribution in [0.4, 0.5) is 0 Å². The molecule has 1 aromatic carbocycles. The van der Waals surface area contributed by atoms with Crippen LogP contribution < -0.4 is 0 Å². The van der Waals surface area contributed by atoms with Crippen molar-refractivity contribution in [3.05, 3.63) is 60.2 Å². The second-order valence-corrected chi connectivity index (χ2v) is 3.88. The molecule has 1 N–H and O–H groups in total. The van der Waals surface area contributed by atoms with E-state index in [9.17, 15) is 9.59 Å². The summed E-state index contributed by atoms with van der Waals surface area (Å²) in [5, 5.41) is 8.75. The minimum absolute atomic E-state index is 0.0706. The molecule has 0 fully saturated rings. The quantitative estimate of drug-likeness (QED) is 0.464. The number of hydrogen-bond donors (Lipinski definition) is 1. The normalized spacial score (nSPS) is 10.8. The van der Waals surface area contributed by atoms with E-state index >= 15 is 0 Å². The highest BCUT2D eigenvalue weighted by Gasteiger charge is 2.12. The van der Waals surface area contributed by atoms with E-state index in [4.69, 9.17) is 9.84 Å². The fourth-order valence-corrected chi connectivity index (χ4v) is 1.53. The smallest absolute Gasteiger partial charge is 0.334 e. The van der Waals surface area contributed by atoms with Crippen molar-refractivity contribution in [3.8, 4) is 0 Å². The van der Waals surface area contributed by atoms with E-state index in [0.717, 1.165) is 11.6 Å². The van der Waals surface area contributed by atoms with Crippen molar-refractivity contribution in [1.82, 2.24) is 0 Å². The topological polar surface area (TPSA) is 63.6 Å². The zero-order chi connectivity index (χ0) is 14.1. The maximum atomic E-state index is 11.7. The van der Waals surface area contributed by atoms with Crippen molar-refractivity contribution in [3.63, 3.8) is 0 Å². The second kappa shape index (κ2) is 7.87. The molecule has 0 bridgehead atoms. The van der Waals surface area contributed by atoms with Gasteiger partial charge in [0.15, 0.2) is 0 Å². The first-order valence-corrected chi connectivity index (χ1v) is 5.89. The van der Waals surface area contributed by atoms with Crippen LogP contribution in [0.15, 0.2) is 54.6 Å². The molecule has 0 atom stereocenters. The van der Waals surface area contributed by atoms with Gasteiger partial charge in [-0.15, -0.1) is 0 Å². The maximum Gasteiger partial charge on any atom is 0.334 e. The molecule has 0 radical (unpaired) electrons. The standard InChI is InChI=1S/C15H16O4/c1-2-10-19-15(18)13(11-14(16)17)9-8-12-6-4-3-5-7-12/h2-7,11H,1,8-10H2,(H,16,17). The molecular weight excluding hydrogens is 244 g/mol. The van der Waals surface area contributed by atoms with Crippen LogP contribution >= 0.6 is 0 Å². The van der Waals surface area contributed by atoms with E-state index in [1.165, 1.54) is 6.08 Å². The SMILES string of the molecule is C=CCOC(=O)C(=CC(=O)O)CCc1ccccc1. The molecule has 4 heteroatoms. The number of carbonyl (C=O) groups excluding carboxylic acids is 1. The van der Waals surface area contributed by atoms with Gasteiger partial charge in [-0.2, -0.15) is 0 Å². The van der Waals surface area contributed by atoms with Gasteiger partial charge in [0.2, 0.25) is 0 Å². The number of benzene rings is 1. The number of carbonyl (C=O) groups is 2. The highest BCUT2D eigenvalue weighted by Crippen LogP contribution is 2.11. The molecule has 0 spiro atoms. The molecule has 4 nitrogen and oxygen atoms in total. The van der Waals surface area contributed by atoms with Crippen molar-refractivity contribution in [2.75, 3.05) is 6.61 Å². The minimum Gasteiger partial charge on any atom is -0.478 e. The zero-order valence-corrected chi connectivity index (χ0v) is 10.5. The number of carboxylic acids is 1. The van der Waals surface area contributed by atoms with Gasteiger partial charge in [0.05, 0.1) is 0 Å². The van der Waals surface area contributed by atoms with E-state index in [-0.39, 0.29) is 12.2 Å². The lowest BCUT2D eigenvalue weighted by molar-refractivity contribution is -0.139. The Morgan fingerprint density at radius 2 is 1.95 bits per heavy atom. The molecule has 0 amide bonds. The first kappa shape index (κ1) is 14.7. The van der Waals surface area contributed by atoms with Crippen LogP contribution in [-0.4, -0.2) is 23.7 Å². The van der Waals surface area contributed by atoms with E-state index in [1.54, 1.807) is 0 Å². The van der Waals surface area contributed by atoms with Crippen LogP contribution in [0.25, 0.3) is 0 Å². The Morgan fingerprint density at radius 3 is 2.53 bits per heavy atom. The molecule has 0 aliphatic heterocycles. The average molecular weight is 260 g/mol. The third kappa shape index (κ3) is 5.68. The van der Waals surface area contributed by atoms with Crippen molar-refractivity contribution in [2.24, 2.45) is 0 Å². The van der Waals surface area contributed by atoms with E-state index in [0.29, 0.717) is 12.8 Å². The number of esters is 1. The van der Waals surface area contributed by atoms with E-state index in [1.807, 2.05) is 30.3 Å². The summed E-state index contributed by atoms with van der Waals surface area (Å²) in [6, 6.07) is 9.54. The summed E-state index contributed by atoms with van der Waals surface area (Å²) in [7, 11) is 0. The van der Waals surface area contributed by atoms with Gasteiger partial charge >= 0.3 is 11.9 Å². The summed E-state index contributed by atoms with van der Waals surface area (Å²) in [5.41, 5.74) is 1.19. The van der Waals surface area contributed by atoms with Crippen LogP contribution in [0, 0.1) is 0 Å². The number of aryl methyl sites for hydroxylation is 1. The summed E-state index contributed by atoms with van der Waals surface area (Å²) in [5.74, 6) is -1.77. The predicted molar refractivity (Wildman–Crippen MR) is 71.6 cm³/mol. The van der Waals surface area contributed by atoms with Crippen LogP contribution in [0.1, 0.15) is 12.0 Å². The molecule has 1 aromatic rings. The van der Waals surface area contributed by atoms with Crippen LogP contribution in [-0.2, 0) is 20.7 Å². The molecule has 0 saturated carbocycles. The summed E-state index contributed by atoms with van der Waals surface area (Å²) >= 11 is 0. The minimum atomic E-state index is -1.15. The Morgan fingerprint density at radius 1 is 1.26 bits per heavy atom. The summed E-state index contributed by atoms with van der Waals surface area (Å²) in [6.07, 6.45) is 3.25. The van der Waals surface area contributed by atoms with Gasteiger partial charge in [0.25, 0.3) is 0 Å². The van der Waals surface area contributed by atoms with E-state index < -0.39 is 11.9 Å². The first-order valence-electron chi connectivity index (χ1n) is 5.89. The molecule has 100 valence electrons. The number of rotatable bonds is 7. The van der Waals surface area contributed by atoms with Gasteiger partial charge in [0, 0.05) is 11.6 Å². The van der Waals surface area contributed by atoms with Gasteiger partial charge in [-0.25, -0.2) is 9.59 Å². The van der Waals surface area contributed by atoms with Crippen LogP contribution in [0.2, 0.25) is 0 Å². The average Bonchev–Trinajstić information content (AvgIpc) is 2.41. The molecule has 0 aliphatic rings. The Balaban J connectivity index is 2.68. The maximum absolute atomic E-state index is 11.7. The number of aliphatic carboxylic acids is 1. The van der Waals surface area contributed by atoms with Gasteiger partial charge in [-0.1, -0.05) is 43.0 Å². The number of hydrogen-bond acceptors (Lipinski definition) is 3. The van der Waals surface area contributed by atoms with Gasteiger partial charge in [0.1, 0.15) is 6.61 Å². The molecule has 19 heavy (non-hydrogen) atoms. The fraction of sp³-hybridized carbons (Fsp3) is 0.200.